The fraction of sp³-hybridized carbons (Fsp3) is 0.438. The Hall–Kier alpha value is -2.17. The largest absolute Gasteiger partial charge is 0.368 e. The summed E-state index contributed by atoms with van der Waals surface area (Å²) in [6.45, 7) is 7.03. The molecule has 2 rings (SSSR count). The lowest BCUT2D eigenvalue weighted by atomic mass is 10.2. The van der Waals surface area contributed by atoms with Crippen molar-refractivity contribution in [3.05, 3.63) is 42.0 Å². The first-order valence-corrected chi connectivity index (χ1v) is 7.27. The van der Waals surface area contributed by atoms with Crippen LogP contribution in [0.2, 0.25) is 0 Å². The number of aromatic nitrogens is 3. The standard InChI is InChI=1S/C16H23N5/c1-12(2)18-15-11-16(20-13(3)19-15)21(4)10-7-14-5-8-17-9-6-14/h5-6,8-9,11-12H,7,10H2,1-4H3,(H,18,19,20). The second-order valence-corrected chi connectivity index (χ2v) is 5.48. The van der Waals surface area contributed by atoms with Crippen LogP contribution >= 0.6 is 0 Å². The minimum absolute atomic E-state index is 0.356. The van der Waals surface area contributed by atoms with Crippen molar-refractivity contribution >= 4 is 11.6 Å². The highest BCUT2D eigenvalue weighted by atomic mass is 15.2. The number of aryl methyl sites for hydroxylation is 1. The summed E-state index contributed by atoms with van der Waals surface area (Å²) in [5.74, 6) is 2.61. The van der Waals surface area contributed by atoms with Crippen LogP contribution in [0, 0.1) is 6.92 Å². The van der Waals surface area contributed by atoms with E-state index < -0.39 is 0 Å². The summed E-state index contributed by atoms with van der Waals surface area (Å²) < 4.78 is 0. The quantitative estimate of drug-likeness (QED) is 0.884. The number of anilines is 2. The summed E-state index contributed by atoms with van der Waals surface area (Å²) in [4.78, 5) is 15.1. The minimum atomic E-state index is 0.356. The SMILES string of the molecule is Cc1nc(NC(C)C)cc(N(C)CCc2ccncc2)n1. The van der Waals surface area contributed by atoms with Gasteiger partial charge in [0, 0.05) is 38.1 Å². The van der Waals surface area contributed by atoms with E-state index in [4.69, 9.17) is 0 Å². The van der Waals surface area contributed by atoms with E-state index in [9.17, 15) is 0 Å². The second-order valence-electron chi connectivity index (χ2n) is 5.48. The third-order valence-corrected chi connectivity index (χ3v) is 3.14. The van der Waals surface area contributed by atoms with Gasteiger partial charge in [-0.25, -0.2) is 9.97 Å². The Kier molecular flexibility index (Phi) is 5.09. The van der Waals surface area contributed by atoms with Gasteiger partial charge in [-0.2, -0.15) is 0 Å². The number of nitrogens with zero attached hydrogens (tertiary/aromatic N) is 4. The van der Waals surface area contributed by atoms with E-state index in [0.717, 1.165) is 30.4 Å². The van der Waals surface area contributed by atoms with E-state index in [1.165, 1.54) is 5.56 Å². The van der Waals surface area contributed by atoms with Crippen LogP contribution < -0.4 is 10.2 Å². The van der Waals surface area contributed by atoms with E-state index in [0.29, 0.717) is 6.04 Å². The molecule has 0 spiro atoms. The minimum Gasteiger partial charge on any atom is -0.368 e. The normalized spacial score (nSPS) is 10.7. The van der Waals surface area contributed by atoms with Crippen LogP contribution in [-0.2, 0) is 6.42 Å². The van der Waals surface area contributed by atoms with Gasteiger partial charge < -0.3 is 10.2 Å². The molecule has 21 heavy (non-hydrogen) atoms. The predicted molar refractivity (Wildman–Crippen MR) is 86.7 cm³/mol. The van der Waals surface area contributed by atoms with Gasteiger partial charge in [-0.05, 0) is 44.9 Å². The van der Waals surface area contributed by atoms with Crippen molar-refractivity contribution in [3.63, 3.8) is 0 Å². The average molecular weight is 285 g/mol. The topological polar surface area (TPSA) is 53.9 Å². The first-order chi connectivity index (χ1) is 10.0. The van der Waals surface area contributed by atoms with Crippen molar-refractivity contribution in [2.24, 2.45) is 0 Å². The van der Waals surface area contributed by atoms with Gasteiger partial charge in [0.2, 0.25) is 0 Å². The molecule has 5 nitrogen and oxygen atoms in total. The molecule has 0 amide bonds. The molecule has 0 saturated heterocycles. The van der Waals surface area contributed by atoms with E-state index >= 15 is 0 Å². The summed E-state index contributed by atoms with van der Waals surface area (Å²) >= 11 is 0. The average Bonchev–Trinajstić information content (AvgIpc) is 2.44. The van der Waals surface area contributed by atoms with E-state index in [1.54, 1.807) is 0 Å². The first kappa shape index (κ1) is 15.2. The molecule has 2 aromatic rings. The zero-order valence-corrected chi connectivity index (χ0v) is 13.2. The Morgan fingerprint density at radius 1 is 1.19 bits per heavy atom. The molecule has 0 aliphatic carbocycles. The maximum atomic E-state index is 4.52. The fourth-order valence-electron chi connectivity index (χ4n) is 2.08. The molecule has 0 bridgehead atoms. The van der Waals surface area contributed by atoms with Gasteiger partial charge in [0.05, 0.1) is 0 Å². The number of rotatable bonds is 6. The molecule has 2 aromatic heterocycles. The third kappa shape index (κ3) is 4.70. The number of nitrogens with one attached hydrogen (secondary N) is 1. The highest BCUT2D eigenvalue weighted by Crippen LogP contribution is 2.16. The summed E-state index contributed by atoms with van der Waals surface area (Å²) in [6.07, 6.45) is 4.62. The van der Waals surface area contributed by atoms with E-state index in [1.807, 2.05) is 37.5 Å². The monoisotopic (exact) mass is 285 g/mol. The Morgan fingerprint density at radius 3 is 2.57 bits per heavy atom. The third-order valence-electron chi connectivity index (χ3n) is 3.14. The Morgan fingerprint density at radius 2 is 1.90 bits per heavy atom. The number of hydrogen-bond acceptors (Lipinski definition) is 5. The van der Waals surface area contributed by atoms with Crippen LogP contribution in [0.15, 0.2) is 30.6 Å². The van der Waals surface area contributed by atoms with Crippen molar-refractivity contribution in [2.75, 3.05) is 23.8 Å². The molecule has 0 aliphatic rings. The highest BCUT2D eigenvalue weighted by Gasteiger charge is 2.07. The molecule has 0 saturated carbocycles. The smallest absolute Gasteiger partial charge is 0.134 e. The fourth-order valence-corrected chi connectivity index (χ4v) is 2.08. The Balaban J connectivity index is 2.04. The van der Waals surface area contributed by atoms with Gasteiger partial charge in [-0.1, -0.05) is 0 Å². The Bertz CT molecular complexity index is 568. The van der Waals surface area contributed by atoms with E-state index in [2.05, 4.69) is 46.1 Å². The molecule has 112 valence electrons. The van der Waals surface area contributed by atoms with Crippen LogP contribution in [0.4, 0.5) is 11.6 Å². The van der Waals surface area contributed by atoms with Gasteiger partial charge in [-0.15, -0.1) is 0 Å². The summed E-state index contributed by atoms with van der Waals surface area (Å²) in [7, 11) is 2.06. The Labute approximate surface area is 126 Å². The van der Waals surface area contributed by atoms with Gasteiger partial charge in [0.1, 0.15) is 17.5 Å². The van der Waals surface area contributed by atoms with Crippen molar-refractivity contribution in [3.8, 4) is 0 Å². The number of pyridine rings is 1. The van der Waals surface area contributed by atoms with Crippen molar-refractivity contribution in [1.82, 2.24) is 15.0 Å². The van der Waals surface area contributed by atoms with Crippen LogP contribution in [0.1, 0.15) is 25.2 Å². The second kappa shape index (κ2) is 7.02. The lowest BCUT2D eigenvalue weighted by Crippen LogP contribution is -2.22. The lowest BCUT2D eigenvalue weighted by molar-refractivity contribution is 0.840. The van der Waals surface area contributed by atoms with E-state index in [-0.39, 0.29) is 0 Å². The molecule has 2 heterocycles. The molecule has 0 aliphatic heterocycles. The van der Waals surface area contributed by atoms with Crippen LogP contribution in [0.5, 0.6) is 0 Å². The lowest BCUT2D eigenvalue weighted by Gasteiger charge is -2.20. The number of hydrogen-bond donors (Lipinski definition) is 1. The molecule has 1 N–H and O–H groups in total. The molecule has 0 fully saturated rings. The van der Waals surface area contributed by atoms with Crippen molar-refractivity contribution in [1.29, 1.82) is 0 Å². The maximum absolute atomic E-state index is 4.52. The first-order valence-electron chi connectivity index (χ1n) is 7.27. The molecule has 5 heteroatoms. The van der Waals surface area contributed by atoms with Gasteiger partial charge in [0.15, 0.2) is 0 Å². The molecule has 0 aromatic carbocycles. The zero-order chi connectivity index (χ0) is 15.2. The van der Waals surface area contributed by atoms with Crippen molar-refractivity contribution < 1.29 is 0 Å². The van der Waals surface area contributed by atoms with Crippen LogP contribution in [-0.4, -0.2) is 34.6 Å². The van der Waals surface area contributed by atoms with Gasteiger partial charge >= 0.3 is 0 Å². The summed E-state index contributed by atoms with van der Waals surface area (Å²) in [5.41, 5.74) is 1.28. The molecule has 0 unspecified atom stereocenters. The molecular formula is C16H23N5. The molecular weight excluding hydrogens is 262 g/mol. The van der Waals surface area contributed by atoms with Crippen LogP contribution in [0.3, 0.4) is 0 Å². The van der Waals surface area contributed by atoms with Gasteiger partial charge in [0.25, 0.3) is 0 Å². The number of likely N-dealkylation sites (N-methyl/N-ethyl adjacent to an activating group) is 1. The maximum Gasteiger partial charge on any atom is 0.134 e. The molecule has 0 radical (unpaired) electrons. The highest BCUT2D eigenvalue weighted by molar-refractivity contribution is 5.49. The summed E-state index contributed by atoms with van der Waals surface area (Å²) in [6, 6.07) is 6.45. The van der Waals surface area contributed by atoms with Gasteiger partial charge in [-0.3, -0.25) is 4.98 Å². The predicted octanol–water partition coefficient (Wildman–Crippen LogP) is 2.68. The molecule has 0 atom stereocenters. The van der Waals surface area contributed by atoms with Crippen molar-refractivity contribution in [2.45, 2.75) is 33.2 Å². The summed E-state index contributed by atoms with van der Waals surface area (Å²) in [5, 5.41) is 3.33. The van der Waals surface area contributed by atoms with Crippen LogP contribution in [0.25, 0.3) is 0 Å². The zero-order valence-electron chi connectivity index (χ0n) is 13.2.